The molecule has 2 N–H and O–H groups in total. The Morgan fingerprint density at radius 2 is 1.65 bits per heavy atom. The van der Waals surface area contributed by atoms with Crippen molar-refractivity contribution in [1.82, 2.24) is 4.98 Å². The molecule has 0 fully saturated rings. The number of nitrogens with zero attached hydrogens (tertiary/aromatic N) is 1. The molecule has 0 aliphatic heterocycles. The van der Waals surface area contributed by atoms with Crippen LogP contribution in [0.3, 0.4) is 0 Å². The first kappa shape index (κ1) is 21.9. The molecule has 0 aliphatic rings. The molecule has 1 aromatic heterocycles. The Hall–Kier alpha value is -2.19. The number of amides is 1. The van der Waals surface area contributed by atoms with Gasteiger partial charge in [0.15, 0.2) is 5.82 Å². The molecule has 1 heterocycles. The van der Waals surface area contributed by atoms with Crippen molar-refractivity contribution in [3.8, 4) is 0 Å². The van der Waals surface area contributed by atoms with E-state index in [2.05, 4.69) is 4.98 Å². The van der Waals surface area contributed by atoms with Gasteiger partial charge in [0.05, 0.1) is 17.0 Å². The fraction of sp³-hybridized carbons (Fsp3) is 0.455. The van der Waals surface area contributed by atoms with Gasteiger partial charge in [-0.25, -0.2) is 13.4 Å². The number of hydrogen-bond acceptors (Lipinski definition) is 4. The molecule has 6 nitrogen and oxygen atoms in total. The zero-order valence-electron chi connectivity index (χ0n) is 12.5. The second kappa shape index (κ2) is 6.85. The highest BCUT2D eigenvalue weighted by molar-refractivity contribution is 7.92. The lowest BCUT2D eigenvalue weighted by Gasteiger charge is -2.20. The van der Waals surface area contributed by atoms with Gasteiger partial charge < -0.3 is 5.32 Å². The summed E-state index contributed by atoms with van der Waals surface area (Å²) in [7, 11) is -4.20. The molecule has 0 atom stereocenters. The third kappa shape index (κ3) is 4.92. The van der Waals surface area contributed by atoms with Crippen LogP contribution >= 0.6 is 0 Å². The molecule has 0 spiro atoms. The van der Waals surface area contributed by atoms with Crippen molar-refractivity contribution < 1.29 is 48.3 Å². The van der Waals surface area contributed by atoms with Crippen LogP contribution in [0, 0.1) is 0 Å². The molecule has 1 rings (SSSR count). The maximum Gasteiger partial charge on any atom is 0.463 e. The number of alkyl halides is 8. The van der Waals surface area contributed by atoms with Crippen molar-refractivity contribution in [3.05, 3.63) is 17.8 Å². The topological polar surface area (TPSA) is 88.2 Å². The van der Waals surface area contributed by atoms with E-state index >= 15 is 0 Å². The third-order valence-corrected chi connectivity index (χ3v) is 4.00. The standard InChI is InChI=1S/C11H9F8N3O3S/c1-2-26(24,25)22-7-6(3-5(4-20-7)10(14,15)16)21-8(23)9(12,13)11(17,18)19/h3-4H,2H2,1H3,(H,20,22)(H,21,23). The summed E-state index contributed by atoms with van der Waals surface area (Å²) in [5.74, 6) is -10.6. The summed E-state index contributed by atoms with van der Waals surface area (Å²) in [6.07, 6.45) is -11.3. The number of carbonyl (C=O) groups excluding carboxylic acids is 1. The van der Waals surface area contributed by atoms with Crippen LogP contribution in [0.2, 0.25) is 0 Å². The molecule has 26 heavy (non-hydrogen) atoms. The SMILES string of the molecule is CCS(=O)(=O)Nc1ncc(C(F)(F)F)cc1NC(=O)C(F)(F)C(F)(F)F. The summed E-state index contributed by atoms with van der Waals surface area (Å²) in [6.45, 7) is 1.10. The van der Waals surface area contributed by atoms with Gasteiger partial charge in [-0.2, -0.15) is 35.1 Å². The molecule has 0 saturated carbocycles. The van der Waals surface area contributed by atoms with Crippen molar-refractivity contribution in [2.45, 2.75) is 25.2 Å². The van der Waals surface area contributed by atoms with Crippen LogP contribution < -0.4 is 10.0 Å². The summed E-state index contributed by atoms with van der Waals surface area (Å²) in [5, 5.41) is 0.918. The quantitative estimate of drug-likeness (QED) is 0.724. The van der Waals surface area contributed by atoms with Gasteiger partial charge in [0.1, 0.15) is 0 Å². The predicted octanol–water partition coefficient (Wildman–Crippen LogP) is 3.00. The molecule has 0 aromatic carbocycles. The molecule has 15 heteroatoms. The monoisotopic (exact) mass is 415 g/mol. The minimum Gasteiger partial charge on any atom is -0.317 e. The van der Waals surface area contributed by atoms with Crippen LogP contribution in [0.4, 0.5) is 46.6 Å². The van der Waals surface area contributed by atoms with Crippen LogP contribution in [0.15, 0.2) is 12.3 Å². The Bertz CT molecular complexity index is 789. The van der Waals surface area contributed by atoms with Crippen molar-refractivity contribution in [1.29, 1.82) is 0 Å². The Morgan fingerprint density at radius 3 is 2.08 bits per heavy atom. The van der Waals surface area contributed by atoms with Gasteiger partial charge in [-0.3, -0.25) is 9.52 Å². The fourth-order valence-electron chi connectivity index (χ4n) is 1.35. The van der Waals surface area contributed by atoms with E-state index in [4.69, 9.17) is 0 Å². The first-order chi connectivity index (χ1) is 11.5. The van der Waals surface area contributed by atoms with Crippen molar-refractivity contribution in [2.24, 2.45) is 0 Å². The van der Waals surface area contributed by atoms with Crippen LogP contribution in [-0.4, -0.2) is 37.2 Å². The Kier molecular flexibility index (Phi) is 5.75. The van der Waals surface area contributed by atoms with E-state index in [1.54, 1.807) is 4.72 Å². The first-order valence-electron chi connectivity index (χ1n) is 6.35. The molecule has 0 saturated heterocycles. The van der Waals surface area contributed by atoms with Crippen LogP contribution in [0.5, 0.6) is 0 Å². The predicted molar refractivity (Wildman–Crippen MR) is 72.0 cm³/mol. The van der Waals surface area contributed by atoms with Crippen LogP contribution in [0.1, 0.15) is 12.5 Å². The van der Waals surface area contributed by atoms with E-state index in [1.165, 1.54) is 0 Å². The number of aromatic nitrogens is 1. The summed E-state index contributed by atoms with van der Waals surface area (Å²) in [6, 6.07) is -0.0368. The van der Waals surface area contributed by atoms with Gasteiger partial charge in [0.2, 0.25) is 10.0 Å². The average molecular weight is 415 g/mol. The maximum absolute atomic E-state index is 13.0. The van der Waals surface area contributed by atoms with Crippen molar-refractivity contribution in [3.63, 3.8) is 0 Å². The third-order valence-electron chi connectivity index (χ3n) is 2.74. The Morgan fingerprint density at radius 1 is 1.12 bits per heavy atom. The lowest BCUT2D eigenvalue weighted by atomic mass is 10.2. The van der Waals surface area contributed by atoms with Crippen LogP contribution in [0.25, 0.3) is 0 Å². The van der Waals surface area contributed by atoms with E-state index < -0.39 is 57.0 Å². The fourth-order valence-corrected chi connectivity index (χ4v) is 1.95. The van der Waals surface area contributed by atoms with Gasteiger partial charge in [-0.15, -0.1) is 0 Å². The van der Waals surface area contributed by atoms with E-state index in [0.29, 0.717) is 0 Å². The Balaban J connectivity index is 3.39. The largest absolute Gasteiger partial charge is 0.463 e. The minimum atomic E-state index is -6.32. The smallest absolute Gasteiger partial charge is 0.317 e. The average Bonchev–Trinajstić information content (AvgIpc) is 2.46. The van der Waals surface area contributed by atoms with E-state index in [9.17, 15) is 48.3 Å². The second-order valence-corrected chi connectivity index (χ2v) is 6.66. The van der Waals surface area contributed by atoms with Gasteiger partial charge in [0.25, 0.3) is 0 Å². The van der Waals surface area contributed by atoms with Gasteiger partial charge in [-0.05, 0) is 13.0 Å². The highest BCUT2D eigenvalue weighted by Crippen LogP contribution is 2.38. The zero-order valence-corrected chi connectivity index (χ0v) is 13.3. The highest BCUT2D eigenvalue weighted by Gasteiger charge is 2.63. The molecule has 0 aliphatic carbocycles. The maximum atomic E-state index is 13.0. The number of nitrogens with one attached hydrogen (secondary N) is 2. The van der Waals surface area contributed by atoms with Crippen molar-refractivity contribution >= 4 is 27.4 Å². The molecular formula is C11H9F8N3O3S. The molecule has 0 unspecified atom stereocenters. The number of sulfonamides is 1. The summed E-state index contributed by atoms with van der Waals surface area (Å²) in [4.78, 5) is 14.2. The van der Waals surface area contributed by atoms with E-state index in [-0.39, 0.29) is 12.3 Å². The van der Waals surface area contributed by atoms with Crippen molar-refractivity contribution in [2.75, 3.05) is 15.8 Å². The van der Waals surface area contributed by atoms with E-state index in [1.807, 2.05) is 0 Å². The number of anilines is 2. The van der Waals surface area contributed by atoms with E-state index in [0.717, 1.165) is 12.2 Å². The lowest BCUT2D eigenvalue weighted by Crippen LogP contribution is -2.47. The Labute approximate surface area is 140 Å². The normalized spacial score (nSPS) is 13.4. The zero-order chi connectivity index (χ0) is 20.6. The number of halogens is 8. The molecule has 148 valence electrons. The van der Waals surface area contributed by atoms with Gasteiger partial charge in [0, 0.05) is 6.20 Å². The van der Waals surface area contributed by atoms with Gasteiger partial charge in [-0.1, -0.05) is 0 Å². The summed E-state index contributed by atoms with van der Waals surface area (Å²) in [5.41, 5.74) is -2.95. The molecule has 1 amide bonds. The minimum absolute atomic E-state index is 0.0368. The molecule has 1 aromatic rings. The lowest BCUT2D eigenvalue weighted by molar-refractivity contribution is -0.267. The number of pyridine rings is 1. The second-order valence-electron chi connectivity index (χ2n) is 4.65. The molecule has 0 bridgehead atoms. The summed E-state index contributed by atoms with van der Waals surface area (Å²) >= 11 is 0. The first-order valence-corrected chi connectivity index (χ1v) is 8.00. The molecule has 0 radical (unpaired) electrons. The van der Waals surface area contributed by atoms with Gasteiger partial charge >= 0.3 is 24.2 Å². The summed E-state index contributed by atoms with van der Waals surface area (Å²) < 4.78 is 125. The number of hydrogen-bond donors (Lipinski definition) is 2. The molecular weight excluding hydrogens is 406 g/mol. The number of carbonyl (C=O) groups is 1. The number of rotatable bonds is 5. The van der Waals surface area contributed by atoms with Crippen LogP contribution in [-0.2, 0) is 21.0 Å². The highest BCUT2D eigenvalue weighted by atomic mass is 32.2.